The maximum absolute atomic E-state index is 5.80. The summed E-state index contributed by atoms with van der Waals surface area (Å²) in [6.07, 6.45) is 1.70. The number of anilines is 1. The molecule has 0 N–H and O–H groups in total. The molecule has 78 valence electrons. The average molecular weight is 223 g/mol. The van der Waals surface area contributed by atoms with E-state index in [1.807, 2.05) is 43.3 Å². The zero-order valence-electron chi connectivity index (χ0n) is 8.57. The summed E-state index contributed by atoms with van der Waals surface area (Å²) in [5.41, 5.74) is 0.924. The van der Waals surface area contributed by atoms with Gasteiger partial charge in [-0.25, -0.2) is 4.98 Å². The zero-order valence-corrected chi connectivity index (χ0v) is 9.32. The fourth-order valence-electron chi connectivity index (χ4n) is 1.20. The van der Waals surface area contributed by atoms with Crippen LogP contribution in [0.2, 0.25) is 5.02 Å². The molecule has 0 aliphatic carbocycles. The first-order valence-corrected chi connectivity index (χ1v) is 4.94. The number of aromatic nitrogens is 1. The second kappa shape index (κ2) is 3.95. The van der Waals surface area contributed by atoms with Gasteiger partial charge in [0.25, 0.3) is 0 Å². The van der Waals surface area contributed by atoms with Crippen LogP contribution in [0.5, 0.6) is 0 Å². The Morgan fingerprint density at radius 2 is 1.87 bits per heavy atom. The zero-order chi connectivity index (χ0) is 10.8. The van der Waals surface area contributed by atoms with Gasteiger partial charge < -0.3 is 9.32 Å². The van der Waals surface area contributed by atoms with Crippen molar-refractivity contribution in [3.63, 3.8) is 0 Å². The molecule has 1 aromatic heterocycles. The van der Waals surface area contributed by atoms with Crippen LogP contribution in [0.3, 0.4) is 0 Å². The first kappa shape index (κ1) is 10.1. The molecule has 0 unspecified atom stereocenters. The predicted octanol–water partition coefficient (Wildman–Crippen LogP) is 3.06. The van der Waals surface area contributed by atoms with Crippen molar-refractivity contribution >= 4 is 17.5 Å². The van der Waals surface area contributed by atoms with Gasteiger partial charge in [-0.2, -0.15) is 0 Å². The van der Waals surface area contributed by atoms with Crippen LogP contribution in [0.25, 0.3) is 11.5 Å². The molecule has 0 bridgehead atoms. The molecular formula is C11H11ClN2O. The Kier molecular flexibility index (Phi) is 2.64. The standard InChI is InChI=1S/C11H11ClN2O/c1-14(2)10-7-13-11(15-10)8-3-5-9(12)6-4-8/h3-7H,1-2H3. The van der Waals surface area contributed by atoms with Gasteiger partial charge in [0.2, 0.25) is 11.8 Å². The summed E-state index contributed by atoms with van der Waals surface area (Å²) < 4.78 is 5.54. The lowest BCUT2D eigenvalue weighted by atomic mass is 10.2. The van der Waals surface area contributed by atoms with Crippen LogP contribution in [0.4, 0.5) is 5.88 Å². The minimum Gasteiger partial charge on any atom is -0.421 e. The van der Waals surface area contributed by atoms with Crippen LogP contribution in [0.15, 0.2) is 34.9 Å². The maximum atomic E-state index is 5.80. The van der Waals surface area contributed by atoms with E-state index in [0.717, 1.165) is 11.4 Å². The molecule has 2 aromatic rings. The molecule has 0 spiro atoms. The molecule has 15 heavy (non-hydrogen) atoms. The lowest BCUT2D eigenvalue weighted by molar-refractivity contribution is 0.572. The summed E-state index contributed by atoms with van der Waals surface area (Å²) in [7, 11) is 3.82. The molecule has 0 aliphatic rings. The third-order valence-corrected chi connectivity index (χ3v) is 2.28. The Morgan fingerprint density at radius 3 is 2.40 bits per heavy atom. The van der Waals surface area contributed by atoms with Crippen LogP contribution >= 0.6 is 11.6 Å². The molecule has 0 atom stereocenters. The SMILES string of the molecule is CN(C)c1cnc(-c2ccc(Cl)cc2)o1. The van der Waals surface area contributed by atoms with Crippen LogP contribution < -0.4 is 4.90 Å². The van der Waals surface area contributed by atoms with E-state index in [1.54, 1.807) is 6.20 Å². The van der Waals surface area contributed by atoms with E-state index >= 15 is 0 Å². The van der Waals surface area contributed by atoms with Gasteiger partial charge in [-0.15, -0.1) is 0 Å². The Morgan fingerprint density at radius 1 is 1.20 bits per heavy atom. The van der Waals surface area contributed by atoms with Crippen LogP contribution in [-0.4, -0.2) is 19.1 Å². The van der Waals surface area contributed by atoms with Crippen LogP contribution in [0, 0.1) is 0 Å². The maximum Gasteiger partial charge on any atom is 0.228 e. The third-order valence-electron chi connectivity index (χ3n) is 2.03. The first-order chi connectivity index (χ1) is 7.16. The molecule has 3 nitrogen and oxygen atoms in total. The highest BCUT2D eigenvalue weighted by Gasteiger charge is 2.07. The van der Waals surface area contributed by atoms with Crippen molar-refractivity contribution in [2.24, 2.45) is 0 Å². The Bertz CT molecular complexity index is 448. The predicted molar refractivity (Wildman–Crippen MR) is 61.3 cm³/mol. The quantitative estimate of drug-likeness (QED) is 0.782. The van der Waals surface area contributed by atoms with Crippen molar-refractivity contribution in [1.29, 1.82) is 0 Å². The molecule has 4 heteroatoms. The normalized spacial score (nSPS) is 10.3. The van der Waals surface area contributed by atoms with Gasteiger partial charge in [0.1, 0.15) is 0 Å². The van der Waals surface area contributed by atoms with Gasteiger partial charge in [-0.05, 0) is 24.3 Å². The van der Waals surface area contributed by atoms with E-state index in [1.165, 1.54) is 0 Å². The van der Waals surface area contributed by atoms with Crippen molar-refractivity contribution in [2.45, 2.75) is 0 Å². The highest BCUT2D eigenvalue weighted by atomic mass is 35.5. The van der Waals surface area contributed by atoms with Gasteiger partial charge in [0.15, 0.2) is 0 Å². The monoisotopic (exact) mass is 222 g/mol. The molecule has 0 amide bonds. The minimum atomic E-state index is 0.607. The largest absolute Gasteiger partial charge is 0.421 e. The van der Waals surface area contributed by atoms with E-state index < -0.39 is 0 Å². The van der Waals surface area contributed by atoms with Crippen molar-refractivity contribution in [3.8, 4) is 11.5 Å². The number of oxazole rings is 1. The molecule has 2 rings (SSSR count). The molecule has 0 saturated carbocycles. The molecule has 0 aliphatic heterocycles. The number of hydrogen-bond acceptors (Lipinski definition) is 3. The summed E-state index contributed by atoms with van der Waals surface area (Å²) in [6.45, 7) is 0. The van der Waals surface area contributed by atoms with E-state index in [-0.39, 0.29) is 0 Å². The number of nitrogens with zero attached hydrogens (tertiary/aromatic N) is 2. The van der Waals surface area contributed by atoms with Crippen molar-refractivity contribution in [2.75, 3.05) is 19.0 Å². The molecule has 1 heterocycles. The second-order valence-electron chi connectivity index (χ2n) is 3.40. The van der Waals surface area contributed by atoms with Gasteiger partial charge in [-0.3, -0.25) is 0 Å². The molecule has 0 saturated heterocycles. The Labute approximate surface area is 93.3 Å². The van der Waals surface area contributed by atoms with Crippen molar-refractivity contribution < 1.29 is 4.42 Å². The molecular weight excluding hydrogens is 212 g/mol. The lowest BCUT2D eigenvalue weighted by Gasteiger charge is -2.05. The molecule has 0 fully saturated rings. The lowest BCUT2D eigenvalue weighted by Crippen LogP contribution is -2.06. The second-order valence-corrected chi connectivity index (χ2v) is 3.84. The summed E-state index contributed by atoms with van der Waals surface area (Å²) in [5.74, 6) is 1.34. The first-order valence-electron chi connectivity index (χ1n) is 4.56. The highest BCUT2D eigenvalue weighted by molar-refractivity contribution is 6.30. The van der Waals surface area contributed by atoms with Crippen LogP contribution in [0.1, 0.15) is 0 Å². The summed E-state index contributed by atoms with van der Waals surface area (Å²) in [5, 5.41) is 0.707. The molecule has 0 radical (unpaired) electrons. The number of rotatable bonds is 2. The van der Waals surface area contributed by atoms with Gasteiger partial charge >= 0.3 is 0 Å². The van der Waals surface area contributed by atoms with E-state index in [0.29, 0.717) is 10.9 Å². The topological polar surface area (TPSA) is 29.3 Å². The summed E-state index contributed by atoms with van der Waals surface area (Å²) in [4.78, 5) is 6.05. The number of halogens is 1. The Balaban J connectivity index is 2.33. The van der Waals surface area contributed by atoms with E-state index in [2.05, 4.69) is 4.98 Å². The van der Waals surface area contributed by atoms with Gasteiger partial charge in [-0.1, -0.05) is 11.6 Å². The smallest absolute Gasteiger partial charge is 0.228 e. The number of hydrogen-bond donors (Lipinski definition) is 0. The van der Waals surface area contributed by atoms with Gasteiger partial charge in [0, 0.05) is 24.7 Å². The van der Waals surface area contributed by atoms with Gasteiger partial charge in [0.05, 0.1) is 6.20 Å². The Hall–Kier alpha value is -1.48. The fourth-order valence-corrected chi connectivity index (χ4v) is 1.32. The van der Waals surface area contributed by atoms with E-state index in [9.17, 15) is 0 Å². The molecule has 1 aromatic carbocycles. The van der Waals surface area contributed by atoms with Crippen LogP contribution in [-0.2, 0) is 0 Å². The third kappa shape index (κ3) is 2.13. The number of benzene rings is 1. The minimum absolute atomic E-state index is 0.607. The summed E-state index contributed by atoms with van der Waals surface area (Å²) in [6, 6.07) is 7.40. The average Bonchev–Trinajstić information content (AvgIpc) is 2.68. The van der Waals surface area contributed by atoms with Crippen molar-refractivity contribution in [1.82, 2.24) is 4.98 Å². The highest BCUT2D eigenvalue weighted by Crippen LogP contribution is 2.24. The fraction of sp³-hybridized carbons (Fsp3) is 0.182. The summed E-state index contributed by atoms with van der Waals surface area (Å²) >= 11 is 5.80. The van der Waals surface area contributed by atoms with Crippen molar-refractivity contribution in [3.05, 3.63) is 35.5 Å². The van der Waals surface area contributed by atoms with E-state index in [4.69, 9.17) is 16.0 Å².